The van der Waals surface area contributed by atoms with Crippen LogP contribution in [0.25, 0.3) is 22.4 Å². The fourth-order valence-electron chi connectivity index (χ4n) is 2.89. The van der Waals surface area contributed by atoms with Crippen molar-refractivity contribution in [3.63, 3.8) is 0 Å². The van der Waals surface area contributed by atoms with E-state index in [2.05, 4.69) is 15.3 Å². The maximum absolute atomic E-state index is 12.5. The zero-order valence-corrected chi connectivity index (χ0v) is 15.2. The zero-order valence-electron chi connectivity index (χ0n) is 14.5. The van der Waals surface area contributed by atoms with Crippen molar-refractivity contribution in [2.75, 3.05) is 12.4 Å². The predicted molar refractivity (Wildman–Crippen MR) is 107 cm³/mol. The average Bonchev–Trinajstić information content (AvgIpc) is 3.11. The number of halogens is 1. The van der Waals surface area contributed by atoms with E-state index in [0.717, 1.165) is 22.3 Å². The third-order valence-corrected chi connectivity index (χ3v) is 4.42. The second-order valence-electron chi connectivity index (χ2n) is 5.98. The van der Waals surface area contributed by atoms with Gasteiger partial charge in [-0.3, -0.25) is 4.79 Å². The number of aromatic nitrogens is 2. The lowest BCUT2D eigenvalue weighted by atomic mass is 10.2. The maximum Gasteiger partial charge on any atom is 0.255 e. The molecular weight excluding hydrogens is 362 g/mol. The van der Waals surface area contributed by atoms with Crippen molar-refractivity contribution in [2.45, 2.75) is 0 Å². The van der Waals surface area contributed by atoms with Gasteiger partial charge in [-0.05, 0) is 48.5 Å². The molecule has 5 nitrogen and oxygen atoms in total. The Bertz CT molecular complexity index is 1140. The third kappa shape index (κ3) is 3.50. The Morgan fingerprint density at radius 3 is 2.74 bits per heavy atom. The van der Waals surface area contributed by atoms with Crippen LogP contribution in [-0.2, 0) is 0 Å². The number of imidazole rings is 1. The van der Waals surface area contributed by atoms with Crippen molar-refractivity contribution < 1.29 is 9.53 Å². The standard InChI is InChI=1S/C21H16ClN3O2/c1-27-19-8-3-2-7-16(19)20-24-17-10-9-13(11-18(17)25-20)21(26)23-15-6-4-5-14(22)12-15/h2-12H,1H3,(H,23,26)(H,24,25). The number of hydrogen-bond acceptors (Lipinski definition) is 3. The minimum Gasteiger partial charge on any atom is -0.496 e. The molecular formula is C21H16ClN3O2. The van der Waals surface area contributed by atoms with Gasteiger partial charge in [-0.2, -0.15) is 0 Å². The Morgan fingerprint density at radius 1 is 1.07 bits per heavy atom. The molecule has 134 valence electrons. The third-order valence-electron chi connectivity index (χ3n) is 4.19. The van der Waals surface area contributed by atoms with E-state index in [9.17, 15) is 4.79 Å². The quantitative estimate of drug-likeness (QED) is 0.517. The van der Waals surface area contributed by atoms with E-state index < -0.39 is 0 Å². The monoisotopic (exact) mass is 377 g/mol. The first kappa shape index (κ1) is 17.1. The van der Waals surface area contributed by atoms with Crippen LogP contribution in [0, 0.1) is 0 Å². The number of aromatic amines is 1. The molecule has 0 saturated carbocycles. The van der Waals surface area contributed by atoms with Gasteiger partial charge in [-0.1, -0.05) is 29.8 Å². The number of H-pyrrole nitrogens is 1. The molecule has 1 aromatic heterocycles. The van der Waals surface area contributed by atoms with Gasteiger partial charge in [0.15, 0.2) is 0 Å². The Kier molecular flexibility index (Phi) is 4.52. The highest BCUT2D eigenvalue weighted by atomic mass is 35.5. The van der Waals surface area contributed by atoms with Crippen molar-refractivity contribution in [3.8, 4) is 17.1 Å². The molecule has 27 heavy (non-hydrogen) atoms. The average molecular weight is 378 g/mol. The predicted octanol–water partition coefficient (Wildman–Crippen LogP) is 5.14. The van der Waals surface area contributed by atoms with Gasteiger partial charge in [0.2, 0.25) is 0 Å². The number of hydrogen-bond donors (Lipinski definition) is 2. The van der Waals surface area contributed by atoms with Crippen molar-refractivity contribution in [1.29, 1.82) is 0 Å². The number of ether oxygens (including phenoxy) is 1. The number of carbonyl (C=O) groups excluding carboxylic acids is 1. The first-order valence-electron chi connectivity index (χ1n) is 8.34. The minimum atomic E-state index is -0.215. The van der Waals surface area contributed by atoms with Crippen molar-refractivity contribution >= 4 is 34.2 Å². The van der Waals surface area contributed by atoms with Crippen molar-refractivity contribution in [2.24, 2.45) is 0 Å². The largest absolute Gasteiger partial charge is 0.496 e. The van der Waals surface area contributed by atoms with Crippen molar-refractivity contribution in [1.82, 2.24) is 9.97 Å². The van der Waals surface area contributed by atoms with Gasteiger partial charge in [0, 0.05) is 16.3 Å². The van der Waals surface area contributed by atoms with Crippen LogP contribution in [0.5, 0.6) is 5.75 Å². The first-order chi connectivity index (χ1) is 13.1. The number of carbonyl (C=O) groups is 1. The molecule has 0 atom stereocenters. The van der Waals surface area contributed by atoms with Crippen LogP contribution in [0.15, 0.2) is 66.7 Å². The molecule has 0 aliphatic rings. The molecule has 1 heterocycles. The van der Waals surface area contributed by atoms with E-state index >= 15 is 0 Å². The molecule has 0 bridgehead atoms. The van der Waals surface area contributed by atoms with Crippen LogP contribution < -0.4 is 10.1 Å². The lowest BCUT2D eigenvalue weighted by molar-refractivity contribution is 0.102. The molecule has 0 radical (unpaired) electrons. The number of para-hydroxylation sites is 1. The van der Waals surface area contributed by atoms with E-state index in [1.807, 2.05) is 30.3 Å². The molecule has 0 aliphatic carbocycles. The first-order valence-corrected chi connectivity index (χ1v) is 8.72. The Hall–Kier alpha value is -3.31. The number of amides is 1. The van der Waals surface area contributed by atoms with Gasteiger partial charge in [0.25, 0.3) is 5.91 Å². The fourth-order valence-corrected chi connectivity index (χ4v) is 3.08. The number of benzene rings is 3. The Morgan fingerprint density at radius 2 is 1.93 bits per heavy atom. The number of fused-ring (bicyclic) bond motifs is 1. The summed E-state index contributed by atoms with van der Waals surface area (Å²) >= 11 is 5.96. The number of anilines is 1. The molecule has 0 aliphatic heterocycles. The maximum atomic E-state index is 12.5. The van der Waals surface area contributed by atoms with E-state index in [-0.39, 0.29) is 5.91 Å². The van der Waals surface area contributed by atoms with E-state index in [4.69, 9.17) is 16.3 Å². The van der Waals surface area contributed by atoms with Gasteiger partial charge in [-0.15, -0.1) is 0 Å². The highest BCUT2D eigenvalue weighted by Gasteiger charge is 2.12. The smallest absolute Gasteiger partial charge is 0.255 e. The highest BCUT2D eigenvalue weighted by Crippen LogP contribution is 2.29. The summed E-state index contributed by atoms with van der Waals surface area (Å²) in [4.78, 5) is 20.4. The lowest BCUT2D eigenvalue weighted by Gasteiger charge is -2.05. The second kappa shape index (κ2) is 7.13. The number of nitrogens with one attached hydrogen (secondary N) is 2. The molecule has 4 rings (SSSR count). The van der Waals surface area contributed by atoms with E-state index in [1.165, 1.54) is 0 Å². The summed E-state index contributed by atoms with van der Waals surface area (Å²) in [5, 5.41) is 3.41. The normalized spacial score (nSPS) is 10.7. The van der Waals surface area contributed by atoms with Gasteiger partial charge in [0.05, 0.1) is 23.7 Å². The molecule has 0 saturated heterocycles. The van der Waals surface area contributed by atoms with Crippen LogP contribution in [0.3, 0.4) is 0 Å². The summed E-state index contributed by atoms with van der Waals surface area (Å²) in [6.07, 6.45) is 0. The van der Waals surface area contributed by atoms with Crippen LogP contribution in [0.2, 0.25) is 5.02 Å². The number of rotatable bonds is 4. The molecule has 1 amide bonds. The molecule has 0 unspecified atom stereocenters. The summed E-state index contributed by atoms with van der Waals surface area (Å²) in [5.41, 5.74) is 3.58. The van der Waals surface area contributed by atoms with Crippen molar-refractivity contribution in [3.05, 3.63) is 77.3 Å². The topological polar surface area (TPSA) is 67.0 Å². The van der Waals surface area contributed by atoms with Gasteiger partial charge in [0.1, 0.15) is 11.6 Å². The summed E-state index contributed by atoms with van der Waals surface area (Å²) in [5.74, 6) is 1.21. The molecule has 4 aromatic rings. The van der Waals surface area contributed by atoms with Crippen LogP contribution in [-0.4, -0.2) is 23.0 Å². The second-order valence-corrected chi connectivity index (χ2v) is 6.42. The fraction of sp³-hybridized carbons (Fsp3) is 0.0476. The Balaban J connectivity index is 1.65. The molecule has 6 heteroatoms. The van der Waals surface area contributed by atoms with Gasteiger partial charge in [-0.25, -0.2) is 4.98 Å². The summed E-state index contributed by atoms with van der Waals surface area (Å²) in [7, 11) is 1.62. The van der Waals surface area contributed by atoms with Gasteiger partial charge >= 0.3 is 0 Å². The lowest BCUT2D eigenvalue weighted by Crippen LogP contribution is -2.11. The number of methoxy groups -OCH3 is 1. The SMILES string of the molecule is COc1ccccc1-c1nc2ccc(C(=O)Nc3cccc(Cl)c3)cc2[nH]1. The molecule has 3 aromatic carbocycles. The minimum absolute atomic E-state index is 0.215. The highest BCUT2D eigenvalue weighted by molar-refractivity contribution is 6.31. The Labute approximate surface area is 161 Å². The van der Waals surface area contributed by atoms with Crippen LogP contribution in [0.1, 0.15) is 10.4 Å². The molecule has 0 fully saturated rings. The van der Waals surface area contributed by atoms with Gasteiger partial charge < -0.3 is 15.0 Å². The summed E-state index contributed by atoms with van der Waals surface area (Å²) in [6.45, 7) is 0. The van der Waals surface area contributed by atoms with Crippen LogP contribution in [0.4, 0.5) is 5.69 Å². The van der Waals surface area contributed by atoms with Crippen LogP contribution >= 0.6 is 11.6 Å². The molecule has 0 spiro atoms. The molecule has 2 N–H and O–H groups in total. The number of nitrogens with zero attached hydrogens (tertiary/aromatic N) is 1. The summed E-state index contributed by atoms with van der Waals surface area (Å²) in [6, 6.07) is 20.0. The van der Waals surface area contributed by atoms with E-state index in [1.54, 1.807) is 43.5 Å². The van der Waals surface area contributed by atoms with E-state index in [0.29, 0.717) is 22.1 Å². The zero-order chi connectivity index (χ0) is 18.8. The summed E-state index contributed by atoms with van der Waals surface area (Å²) < 4.78 is 5.40.